The first-order valence-corrected chi connectivity index (χ1v) is 9.88. The maximum Gasteiger partial charge on any atom is 0.244 e. The van der Waals surface area contributed by atoms with Crippen LogP contribution in [0.3, 0.4) is 0 Å². The minimum absolute atomic E-state index is 0.194. The number of carbonyl (C=O) groups is 1. The van der Waals surface area contributed by atoms with Crippen molar-refractivity contribution >= 4 is 22.9 Å². The number of hydrogen-bond donors (Lipinski definition) is 1. The molecular formula is C24H26N2O5. The fourth-order valence-corrected chi connectivity index (χ4v) is 3.09. The Kier molecular flexibility index (Phi) is 7.70. The van der Waals surface area contributed by atoms with Gasteiger partial charge in [-0.3, -0.25) is 9.78 Å². The Balaban J connectivity index is 1.48. The number of para-hydroxylation sites is 1. The number of amides is 1. The second-order valence-electron chi connectivity index (χ2n) is 6.62. The molecule has 1 heterocycles. The van der Waals surface area contributed by atoms with Crippen LogP contribution in [-0.4, -0.2) is 45.4 Å². The molecule has 0 saturated heterocycles. The van der Waals surface area contributed by atoms with E-state index in [0.29, 0.717) is 36.8 Å². The molecular weight excluding hydrogens is 396 g/mol. The van der Waals surface area contributed by atoms with E-state index in [0.717, 1.165) is 22.2 Å². The van der Waals surface area contributed by atoms with Gasteiger partial charge < -0.3 is 24.3 Å². The van der Waals surface area contributed by atoms with Gasteiger partial charge in [0, 0.05) is 24.2 Å². The van der Waals surface area contributed by atoms with Gasteiger partial charge in [0.15, 0.2) is 11.5 Å². The molecule has 1 aromatic heterocycles. The molecule has 7 nitrogen and oxygen atoms in total. The van der Waals surface area contributed by atoms with E-state index in [9.17, 15) is 4.79 Å². The van der Waals surface area contributed by atoms with E-state index in [-0.39, 0.29) is 5.91 Å². The van der Waals surface area contributed by atoms with E-state index in [2.05, 4.69) is 10.3 Å². The highest BCUT2D eigenvalue weighted by Gasteiger charge is 2.12. The fourth-order valence-electron chi connectivity index (χ4n) is 3.09. The third-order valence-electron chi connectivity index (χ3n) is 4.59. The van der Waals surface area contributed by atoms with Crippen molar-refractivity contribution in [2.75, 3.05) is 34.5 Å². The summed E-state index contributed by atoms with van der Waals surface area (Å²) in [5.41, 5.74) is 1.60. The zero-order valence-electron chi connectivity index (χ0n) is 17.9. The molecule has 0 unspecified atom stereocenters. The molecule has 2 aromatic carbocycles. The Morgan fingerprint density at radius 3 is 2.45 bits per heavy atom. The van der Waals surface area contributed by atoms with Crippen molar-refractivity contribution in [3.63, 3.8) is 0 Å². The van der Waals surface area contributed by atoms with Crippen LogP contribution in [0.2, 0.25) is 0 Å². The van der Waals surface area contributed by atoms with Gasteiger partial charge in [-0.2, -0.15) is 0 Å². The number of benzene rings is 2. The van der Waals surface area contributed by atoms with Crippen molar-refractivity contribution in [3.8, 4) is 23.0 Å². The molecule has 0 aliphatic heterocycles. The molecule has 162 valence electrons. The molecule has 0 saturated carbocycles. The van der Waals surface area contributed by atoms with E-state index in [1.807, 2.05) is 30.3 Å². The number of nitrogens with zero attached hydrogens (tertiary/aromatic N) is 1. The van der Waals surface area contributed by atoms with Crippen molar-refractivity contribution in [1.29, 1.82) is 0 Å². The number of aromatic nitrogens is 1. The number of ether oxygens (including phenoxy) is 4. The molecule has 0 spiro atoms. The van der Waals surface area contributed by atoms with E-state index >= 15 is 0 Å². The molecule has 0 fully saturated rings. The summed E-state index contributed by atoms with van der Waals surface area (Å²) in [7, 11) is 4.64. The van der Waals surface area contributed by atoms with Crippen LogP contribution >= 0.6 is 0 Å². The van der Waals surface area contributed by atoms with Crippen molar-refractivity contribution in [1.82, 2.24) is 10.3 Å². The Hall–Kier alpha value is -3.74. The number of pyridine rings is 1. The van der Waals surface area contributed by atoms with Crippen LogP contribution in [0.25, 0.3) is 17.0 Å². The van der Waals surface area contributed by atoms with Gasteiger partial charge in [0.25, 0.3) is 0 Å². The number of carbonyl (C=O) groups excluding carboxylic acids is 1. The van der Waals surface area contributed by atoms with E-state index in [1.165, 1.54) is 6.08 Å². The Morgan fingerprint density at radius 2 is 1.74 bits per heavy atom. The molecule has 1 N–H and O–H groups in total. The molecule has 7 heteroatoms. The van der Waals surface area contributed by atoms with Gasteiger partial charge in [-0.25, -0.2) is 0 Å². The van der Waals surface area contributed by atoms with Gasteiger partial charge in [-0.15, -0.1) is 0 Å². The smallest absolute Gasteiger partial charge is 0.244 e. The molecule has 0 atom stereocenters. The van der Waals surface area contributed by atoms with Gasteiger partial charge in [-0.1, -0.05) is 18.2 Å². The van der Waals surface area contributed by atoms with Crippen LogP contribution in [0.15, 0.2) is 54.7 Å². The first-order chi connectivity index (χ1) is 15.2. The predicted octanol–water partition coefficient (Wildman–Crippen LogP) is 3.86. The summed E-state index contributed by atoms with van der Waals surface area (Å²) in [6.45, 7) is 0.975. The van der Waals surface area contributed by atoms with E-state index in [4.69, 9.17) is 18.9 Å². The van der Waals surface area contributed by atoms with Gasteiger partial charge in [0.1, 0.15) is 11.3 Å². The lowest BCUT2D eigenvalue weighted by Gasteiger charge is -2.12. The summed E-state index contributed by atoms with van der Waals surface area (Å²) in [4.78, 5) is 16.5. The quantitative estimate of drug-likeness (QED) is 0.395. The van der Waals surface area contributed by atoms with Crippen molar-refractivity contribution < 1.29 is 23.7 Å². The van der Waals surface area contributed by atoms with Gasteiger partial charge >= 0.3 is 0 Å². The number of hydrogen-bond acceptors (Lipinski definition) is 6. The lowest BCUT2D eigenvalue weighted by atomic mass is 10.1. The molecule has 0 aliphatic rings. The number of rotatable bonds is 10. The highest BCUT2D eigenvalue weighted by atomic mass is 16.5. The van der Waals surface area contributed by atoms with Crippen LogP contribution in [0.4, 0.5) is 0 Å². The maximum absolute atomic E-state index is 12.1. The molecule has 31 heavy (non-hydrogen) atoms. The largest absolute Gasteiger partial charge is 0.493 e. The summed E-state index contributed by atoms with van der Waals surface area (Å²) < 4.78 is 21.8. The molecule has 0 aliphatic carbocycles. The average molecular weight is 422 g/mol. The summed E-state index contributed by atoms with van der Waals surface area (Å²) in [5, 5.41) is 3.88. The monoisotopic (exact) mass is 422 g/mol. The first-order valence-electron chi connectivity index (χ1n) is 9.88. The van der Waals surface area contributed by atoms with Crippen LogP contribution in [0.5, 0.6) is 23.0 Å². The van der Waals surface area contributed by atoms with E-state index in [1.54, 1.807) is 45.7 Å². The normalized spacial score (nSPS) is 10.8. The van der Waals surface area contributed by atoms with Crippen LogP contribution in [0.1, 0.15) is 12.0 Å². The number of fused-ring (bicyclic) bond motifs is 1. The molecule has 1 amide bonds. The average Bonchev–Trinajstić information content (AvgIpc) is 2.81. The highest BCUT2D eigenvalue weighted by molar-refractivity contribution is 5.91. The highest BCUT2D eigenvalue weighted by Crippen LogP contribution is 2.38. The molecule has 0 bridgehead atoms. The lowest BCUT2D eigenvalue weighted by Crippen LogP contribution is -2.23. The molecule has 0 radical (unpaired) electrons. The molecule has 3 aromatic rings. The van der Waals surface area contributed by atoms with Gasteiger partial charge in [0.05, 0.1) is 27.9 Å². The zero-order chi connectivity index (χ0) is 22.1. The second kappa shape index (κ2) is 10.9. The standard InChI is InChI=1S/C24H26N2O5/c1-28-20-15-17(16-21(29-2)24(20)30-3)10-11-22(27)25-13-6-14-31-19-9-4-7-18-8-5-12-26-23(18)19/h4-5,7-12,15-16H,6,13-14H2,1-3H3,(H,25,27)/b11-10+. The summed E-state index contributed by atoms with van der Waals surface area (Å²) >= 11 is 0. The van der Waals surface area contributed by atoms with Gasteiger partial charge in [0.2, 0.25) is 11.7 Å². The minimum atomic E-state index is -0.194. The summed E-state index contributed by atoms with van der Waals surface area (Å²) in [6.07, 6.45) is 5.58. The first kappa shape index (κ1) is 22.0. The SMILES string of the molecule is COc1cc(/C=C/C(=O)NCCCOc2cccc3cccnc23)cc(OC)c1OC. The predicted molar refractivity (Wildman–Crippen MR) is 120 cm³/mol. The Labute approximate surface area is 181 Å². The van der Waals surface area contributed by atoms with Crippen molar-refractivity contribution in [2.45, 2.75) is 6.42 Å². The van der Waals surface area contributed by atoms with Crippen LogP contribution < -0.4 is 24.3 Å². The Bertz CT molecular complexity index is 1030. The summed E-state index contributed by atoms with van der Waals surface area (Å²) in [5.74, 6) is 2.12. The molecule has 3 rings (SSSR count). The van der Waals surface area contributed by atoms with Crippen molar-refractivity contribution in [3.05, 3.63) is 60.3 Å². The zero-order valence-corrected chi connectivity index (χ0v) is 17.9. The topological polar surface area (TPSA) is 78.9 Å². The fraction of sp³-hybridized carbons (Fsp3) is 0.250. The van der Waals surface area contributed by atoms with Crippen LogP contribution in [-0.2, 0) is 4.79 Å². The lowest BCUT2D eigenvalue weighted by molar-refractivity contribution is -0.116. The van der Waals surface area contributed by atoms with Gasteiger partial charge in [-0.05, 0) is 42.3 Å². The number of methoxy groups -OCH3 is 3. The van der Waals surface area contributed by atoms with E-state index < -0.39 is 0 Å². The van der Waals surface area contributed by atoms with Crippen molar-refractivity contribution in [2.24, 2.45) is 0 Å². The van der Waals surface area contributed by atoms with Crippen LogP contribution in [0, 0.1) is 0 Å². The summed E-state index contributed by atoms with van der Waals surface area (Å²) in [6, 6.07) is 13.3. The Morgan fingerprint density at radius 1 is 1.00 bits per heavy atom. The second-order valence-corrected chi connectivity index (χ2v) is 6.62. The minimum Gasteiger partial charge on any atom is -0.493 e. The third-order valence-corrected chi connectivity index (χ3v) is 4.59. The number of nitrogens with one attached hydrogen (secondary N) is 1. The maximum atomic E-state index is 12.1. The third kappa shape index (κ3) is 5.66.